The molecule has 0 atom stereocenters. The molecular formula is C20H19N3O5. The molecule has 2 aliphatic rings. The van der Waals surface area contributed by atoms with Crippen LogP contribution in [0.25, 0.3) is 5.57 Å². The van der Waals surface area contributed by atoms with Gasteiger partial charge in [-0.05, 0) is 44.2 Å². The molecule has 0 aliphatic carbocycles. The molecule has 0 bridgehead atoms. The number of nitrogens with zero attached hydrogens (tertiary/aromatic N) is 1. The summed E-state index contributed by atoms with van der Waals surface area (Å²) >= 11 is 0. The van der Waals surface area contributed by atoms with E-state index in [2.05, 4.69) is 15.6 Å². The fourth-order valence-corrected chi connectivity index (χ4v) is 2.67. The summed E-state index contributed by atoms with van der Waals surface area (Å²) in [6.45, 7) is 3.86. The Morgan fingerprint density at radius 2 is 1.96 bits per heavy atom. The zero-order valence-corrected chi connectivity index (χ0v) is 15.4. The van der Waals surface area contributed by atoms with E-state index in [0.717, 1.165) is 17.0 Å². The van der Waals surface area contributed by atoms with Crippen LogP contribution < -0.4 is 15.4 Å². The first-order valence-electron chi connectivity index (χ1n) is 8.69. The summed E-state index contributed by atoms with van der Waals surface area (Å²) in [6, 6.07) is 5.67. The number of ether oxygens (including phenoxy) is 3. The minimum absolute atomic E-state index is 0.00182. The van der Waals surface area contributed by atoms with E-state index in [1.807, 2.05) is 32.1 Å². The minimum Gasteiger partial charge on any atom is -0.482 e. The highest BCUT2D eigenvalue weighted by molar-refractivity contribution is 5.95. The van der Waals surface area contributed by atoms with Crippen LogP contribution in [-0.2, 0) is 14.3 Å². The van der Waals surface area contributed by atoms with Crippen LogP contribution in [0.4, 0.5) is 17.4 Å². The van der Waals surface area contributed by atoms with Crippen molar-refractivity contribution >= 4 is 28.9 Å². The molecule has 2 aromatic rings. The normalized spacial score (nSPS) is 21.9. The number of rotatable bonds is 3. The summed E-state index contributed by atoms with van der Waals surface area (Å²) in [4.78, 5) is 15.6. The van der Waals surface area contributed by atoms with Crippen LogP contribution >= 0.6 is 0 Å². The molecular weight excluding hydrogens is 362 g/mol. The van der Waals surface area contributed by atoms with Gasteiger partial charge < -0.3 is 29.3 Å². The van der Waals surface area contributed by atoms with Crippen molar-refractivity contribution in [1.82, 2.24) is 4.98 Å². The van der Waals surface area contributed by atoms with Crippen LogP contribution in [0.1, 0.15) is 19.6 Å². The molecule has 0 spiro atoms. The van der Waals surface area contributed by atoms with Crippen LogP contribution in [0.5, 0.6) is 5.75 Å². The van der Waals surface area contributed by atoms with Gasteiger partial charge in [0, 0.05) is 17.3 Å². The zero-order chi connectivity index (χ0) is 19.5. The number of carbonyl (C=O) groups is 1. The van der Waals surface area contributed by atoms with Crippen molar-refractivity contribution in [3.8, 4) is 5.75 Å². The number of aromatic nitrogens is 1. The number of nitrogens with one attached hydrogen (secondary N) is 2. The Morgan fingerprint density at radius 1 is 1.11 bits per heavy atom. The van der Waals surface area contributed by atoms with E-state index >= 15 is 0 Å². The van der Waals surface area contributed by atoms with Gasteiger partial charge in [-0.15, -0.1) is 0 Å². The van der Waals surface area contributed by atoms with Crippen LogP contribution in [0, 0.1) is 0 Å². The lowest BCUT2D eigenvalue weighted by Crippen LogP contribution is -2.25. The van der Waals surface area contributed by atoms with Gasteiger partial charge in [0.25, 0.3) is 11.9 Å². The van der Waals surface area contributed by atoms with Crippen molar-refractivity contribution in [2.45, 2.75) is 13.8 Å². The summed E-state index contributed by atoms with van der Waals surface area (Å²) in [5.74, 6) is 2.44. The molecule has 8 heteroatoms. The summed E-state index contributed by atoms with van der Waals surface area (Å²) in [5.41, 5.74) is 2.17. The maximum atomic E-state index is 11.4. The molecule has 144 valence electrons. The summed E-state index contributed by atoms with van der Waals surface area (Å²) in [7, 11) is 0. The van der Waals surface area contributed by atoms with Crippen molar-refractivity contribution in [1.29, 1.82) is 0 Å². The third-order valence-corrected chi connectivity index (χ3v) is 4.09. The monoisotopic (exact) mass is 381 g/mol. The molecule has 0 radical (unpaired) electrons. The summed E-state index contributed by atoms with van der Waals surface area (Å²) < 4.78 is 22.2. The lowest BCUT2D eigenvalue weighted by Gasteiger charge is -2.18. The second-order valence-corrected chi connectivity index (χ2v) is 6.26. The molecule has 1 aromatic heterocycles. The highest BCUT2D eigenvalue weighted by atomic mass is 16.7. The average Bonchev–Trinajstić information content (AvgIpc) is 3.15. The number of allylic oxidation sites excluding steroid dienone is 6. The smallest absolute Gasteiger partial charge is 0.299 e. The fourth-order valence-electron chi connectivity index (χ4n) is 2.67. The Morgan fingerprint density at radius 3 is 2.86 bits per heavy atom. The highest BCUT2D eigenvalue weighted by Gasteiger charge is 2.16. The molecule has 2 aliphatic heterocycles. The number of fused-ring (bicyclic) bond motifs is 1. The lowest BCUT2D eigenvalue weighted by atomic mass is 10.1. The van der Waals surface area contributed by atoms with Crippen LogP contribution in [0.3, 0.4) is 0 Å². The van der Waals surface area contributed by atoms with Crippen LogP contribution in [0.15, 0.2) is 58.6 Å². The first kappa shape index (κ1) is 17.7. The molecule has 1 aromatic carbocycles. The van der Waals surface area contributed by atoms with E-state index in [1.54, 1.807) is 24.4 Å². The van der Waals surface area contributed by atoms with Gasteiger partial charge >= 0.3 is 0 Å². The van der Waals surface area contributed by atoms with Gasteiger partial charge in [-0.1, -0.05) is 0 Å². The van der Waals surface area contributed by atoms with Crippen LogP contribution in [-0.4, -0.2) is 24.3 Å². The SMILES string of the molecule is C\C1=C/C=C(c2cnc(Nc3ccc4c(c3)OCC(=O)N4)o2)\C=C(/C)OCO1. The Bertz CT molecular complexity index is 1000. The minimum atomic E-state index is -0.171. The summed E-state index contributed by atoms with van der Waals surface area (Å²) in [5, 5.41) is 5.84. The predicted molar refractivity (Wildman–Crippen MR) is 103 cm³/mol. The van der Waals surface area contributed by atoms with Crippen LogP contribution in [0.2, 0.25) is 0 Å². The fraction of sp³-hybridized carbons (Fsp3) is 0.200. The molecule has 3 heterocycles. The number of hydrogen-bond donors (Lipinski definition) is 2. The molecule has 1 amide bonds. The molecule has 2 N–H and O–H groups in total. The van der Waals surface area contributed by atoms with Gasteiger partial charge in [-0.2, -0.15) is 0 Å². The van der Waals surface area contributed by atoms with Gasteiger partial charge in [0.2, 0.25) is 6.79 Å². The van der Waals surface area contributed by atoms with E-state index in [1.165, 1.54) is 0 Å². The van der Waals surface area contributed by atoms with Gasteiger partial charge in [-0.25, -0.2) is 4.98 Å². The molecule has 28 heavy (non-hydrogen) atoms. The van der Waals surface area contributed by atoms with Crippen molar-refractivity contribution in [2.75, 3.05) is 24.0 Å². The Kier molecular flexibility index (Phi) is 4.76. The van der Waals surface area contributed by atoms with Gasteiger partial charge in [0.1, 0.15) is 5.75 Å². The van der Waals surface area contributed by atoms with E-state index < -0.39 is 0 Å². The van der Waals surface area contributed by atoms with Gasteiger partial charge in [0.15, 0.2) is 12.4 Å². The number of oxazole rings is 1. The lowest BCUT2D eigenvalue weighted by molar-refractivity contribution is -0.118. The van der Waals surface area contributed by atoms with E-state index in [0.29, 0.717) is 29.0 Å². The van der Waals surface area contributed by atoms with Crippen molar-refractivity contribution in [2.24, 2.45) is 0 Å². The topological polar surface area (TPSA) is 94.9 Å². The van der Waals surface area contributed by atoms with Gasteiger partial charge in [-0.3, -0.25) is 4.79 Å². The third kappa shape index (κ3) is 4.01. The molecule has 0 unspecified atom stereocenters. The Labute approximate surface area is 161 Å². The van der Waals surface area contributed by atoms with Crippen molar-refractivity contribution in [3.63, 3.8) is 0 Å². The standard InChI is InChI=1S/C20H19N3O5/c1-12-3-4-14(7-13(2)27-11-26-12)18-9-21-20(28-18)22-15-5-6-16-17(8-15)25-10-19(24)23-16/h3-9H,10-11H2,1-2H3,(H,21,22)(H,23,24)/b12-3+,13-7+,14-4+. The molecule has 0 saturated heterocycles. The first-order chi connectivity index (χ1) is 13.6. The third-order valence-electron chi connectivity index (χ3n) is 4.09. The quantitative estimate of drug-likeness (QED) is 0.831. The Balaban J connectivity index is 1.55. The summed E-state index contributed by atoms with van der Waals surface area (Å²) in [6.07, 6.45) is 7.22. The largest absolute Gasteiger partial charge is 0.482 e. The molecule has 0 saturated carbocycles. The van der Waals surface area contributed by atoms with E-state index in [9.17, 15) is 4.79 Å². The highest BCUT2D eigenvalue weighted by Crippen LogP contribution is 2.32. The zero-order valence-electron chi connectivity index (χ0n) is 15.4. The molecule has 8 nitrogen and oxygen atoms in total. The average molecular weight is 381 g/mol. The number of hydrogen-bond acceptors (Lipinski definition) is 7. The van der Waals surface area contributed by atoms with Gasteiger partial charge in [0.05, 0.1) is 23.4 Å². The van der Waals surface area contributed by atoms with Crippen molar-refractivity contribution < 1.29 is 23.4 Å². The second-order valence-electron chi connectivity index (χ2n) is 6.26. The first-order valence-corrected chi connectivity index (χ1v) is 8.69. The predicted octanol–water partition coefficient (Wildman–Crippen LogP) is 3.94. The molecule has 4 rings (SSSR count). The number of benzene rings is 1. The molecule has 0 fully saturated rings. The van der Waals surface area contributed by atoms with E-state index in [4.69, 9.17) is 18.6 Å². The van der Waals surface area contributed by atoms with Crippen molar-refractivity contribution in [3.05, 3.63) is 59.9 Å². The Hall–Kier alpha value is -3.68. The maximum absolute atomic E-state index is 11.4. The maximum Gasteiger partial charge on any atom is 0.299 e. The number of amides is 1. The van der Waals surface area contributed by atoms with E-state index in [-0.39, 0.29) is 19.3 Å². The number of carbonyl (C=O) groups excluding carboxylic acids is 1. The second kappa shape index (κ2) is 7.51. The number of anilines is 3.